The number of rotatable bonds is 8. The molecule has 2 N–H and O–H groups in total. The van der Waals surface area contributed by atoms with Crippen molar-refractivity contribution in [2.24, 2.45) is 0 Å². The number of nitrogens with zero attached hydrogens (tertiary/aromatic N) is 1. The van der Waals surface area contributed by atoms with Gasteiger partial charge in [0.05, 0.1) is 5.69 Å². The monoisotopic (exact) mass is 389 g/mol. The second-order valence-electron chi connectivity index (χ2n) is 7.15. The zero-order valence-electron chi connectivity index (χ0n) is 17.2. The highest BCUT2D eigenvalue weighted by Gasteiger charge is 2.08. The summed E-state index contributed by atoms with van der Waals surface area (Å²) in [4.78, 5) is 15.5. The van der Waals surface area contributed by atoms with Crippen molar-refractivity contribution in [1.29, 1.82) is 0 Å². The molecule has 3 aromatic rings. The molecule has 0 aliphatic carbocycles. The molecule has 0 aliphatic heterocycles. The maximum atomic E-state index is 11.2. The van der Waals surface area contributed by atoms with E-state index in [9.17, 15) is 4.79 Å². The fourth-order valence-electron chi connectivity index (χ4n) is 3.31. The Morgan fingerprint density at radius 1 is 0.966 bits per heavy atom. The van der Waals surface area contributed by atoms with E-state index in [1.807, 2.05) is 42.5 Å². The second-order valence-corrected chi connectivity index (χ2v) is 7.15. The molecule has 0 saturated heterocycles. The van der Waals surface area contributed by atoms with Crippen LogP contribution >= 0.6 is 0 Å². The molecule has 0 aliphatic rings. The van der Waals surface area contributed by atoms with Crippen molar-refractivity contribution >= 4 is 11.6 Å². The standard InChI is InChI=1S/C24H27N3O2/c1-17-11-21(12-18(2)24(17)29-16-23-8-4-5-10-26-23)15-25-14-20-7-6-9-22(13-20)27-19(3)28/h4-13,25H,14-16H2,1-3H3,(H,27,28). The molecule has 0 spiro atoms. The minimum Gasteiger partial charge on any atom is -0.487 e. The van der Waals surface area contributed by atoms with Crippen LogP contribution in [0.5, 0.6) is 5.75 Å². The Balaban J connectivity index is 1.57. The molecule has 0 radical (unpaired) electrons. The van der Waals surface area contributed by atoms with E-state index in [2.05, 4.69) is 41.6 Å². The highest BCUT2D eigenvalue weighted by Crippen LogP contribution is 2.25. The minimum atomic E-state index is -0.0635. The van der Waals surface area contributed by atoms with Crippen LogP contribution < -0.4 is 15.4 Å². The third-order valence-electron chi connectivity index (χ3n) is 4.52. The Bertz CT molecular complexity index is 948. The summed E-state index contributed by atoms with van der Waals surface area (Å²) in [5.74, 6) is 0.855. The van der Waals surface area contributed by atoms with Gasteiger partial charge in [0, 0.05) is 31.9 Å². The molecule has 1 aromatic heterocycles. The van der Waals surface area contributed by atoms with Crippen LogP contribution in [0.1, 0.15) is 34.9 Å². The molecular formula is C24H27N3O2. The number of ether oxygens (including phenoxy) is 1. The van der Waals surface area contributed by atoms with Gasteiger partial charge in [0.2, 0.25) is 5.91 Å². The molecule has 150 valence electrons. The van der Waals surface area contributed by atoms with Crippen LogP contribution in [0.15, 0.2) is 60.8 Å². The Morgan fingerprint density at radius 3 is 2.41 bits per heavy atom. The van der Waals surface area contributed by atoms with E-state index in [-0.39, 0.29) is 5.91 Å². The smallest absolute Gasteiger partial charge is 0.221 e. The van der Waals surface area contributed by atoms with Crippen molar-refractivity contribution < 1.29 is 9.53 Å². The van der Waals surface area contributed by atoms with Gasteiger partial charge in [-0.2, -0.15) is 0 Å². The first-order chi connectivity index (χ1) is 14.0. The van der Waals surface area contributed by atoms with E-state index >= 15 is 0 Å². The van der Waals surface area contributed by atoms with E-state index < -0.39 is 0 Å². The molecule has 0 bridgehead atoms. The van der Waals surface area contributed by atoms with Crippen molar-refractivity contribution in [1.82, 2.24) is 10.3 Å². The fourth-order valence-corrected chi connectivity index (χ4v) is 3.31. The molecular weight excluding hydrogens is 362 g/mol. The van der Waals surface area contributed by atoms with Gasteiger partial charge < -0.3 is 15.4 Å². The van der Waals surface area contributed by atoms with Crippen LogP contribution in [0.4, 0.5) is 5.69 Å². The van der Waals surface area contributed by atoms with Crippen molar-refractivity contribution in [3.63, 3.8) is 0 Å². The predicted octanol–water partition coefficient (Wildman–Crippen LogP) is 4.53. The third kappa shape index (κ3) is 6.16. The number of anilines is 1. The fraction of sp³-hybridized carbons (Fsp3) is 0.250. The molecule has 3 rings (SSSR count). The van der Waals surface area contributed by atoms with Crippen molar-refractivity contribution in [2.75, 3.05) is 5.32 Å². The van der Waals surface area contributed by atoms with Crippen LogP contribution in [-0.4, -0.2) is 10.9 Å². The summed E-state index contributed by atoms with van der Waals surface area (Å²) in [5, 5.41) is 6.28. The van der Waals surface area contributed by atoms with Gasteiger partial charge in [-0.1, -0.05) is 30.3 Å². The first kappa shape index (κ1) is 20.6. The average Bonchev–Trinajstić information content (AvgIpc) is 2.68. The van der Waals surface area contributed by atoms with Gasteiger partial charge in [0.15, 0.2) is 0 Å². The van der Waals surface area contributed by atoms with E-state index in [1.54, 1.807) is 6.20 Å². The van der Waals surface area contributed by atoms with Gasteiger partial charge in [-0.25, -0.2) is 0 Å². The molecule has 0 fully saturated rings. The zero-order valence-corrected chi connectivity index (χ0v) is 17.2. The van der Waals surface area contributed by atoms with Crippen molar-refractivity contribution in [3.8, 4) is 5.75 Å². The SMILES string of the molecule is CC(=O)Nc1cccc(CNCc2cc(C)c(OCc3ccccn3)c(C)c2)c1. The lowest BCUT2D eigenvalue weighted by atomic mass is 10.1. The molecule has 1 amide bonds. The third-order valence-corrected chi connectivity index (χ3v) is 4.52. The van der Waals surface area contributed by atoms with Gasteiger partial charge in [-0.15, -0.1) is 0 Å². The van der Waals surface area contributed by atoms with E-state index in [0.717, 1.165) is 46.9 Å². The number of nitrogens with one attached hydrogen (secondary N) is 2. The number of benzene rings is 2. The maximum absolute atomic E-state index is 11.2. The first-order valence-corrected chi connectivity index (χ1v) is 9.71. The van der Waals surface area contributed by atoms with Crippen LogP contribution in [0.2, 0.25) is 0 Å². The van der Waals surface area contributed by atoms with E-state index in [0.29, 0.717) is 6.61 Å². The number of carbonyl (C=O) groups excluding carboxylic acids is 1. The van der Waals surface area contributed by atoms with Gasteiger partial charge in [0.25, 0.3) is 0 Å². The largest absolute Gasteiger partial charge is 0.487 e. The summed E-state index contributed by atoms with van der Waals surface area (Å²) in [6, 6.07) is 18.0. The molecule has 0 saturated carbocycles. The average molecular weight is 389 g/mol. The van der Waals surface area contributed by atoms with Crippen LogP contribution in [-0.2, 0) is 24.5 Å². The number of aromatic nitrogens is 1. The minimum absolute atomic E-state index is 0.0635. The molecule has 2 aromatic carbocycles. The Morgan fingerprint density at radius 2 is 1.72 bits per heavy atom. The summed E-state index contributed by atoms with van der Waals surface area (Å²) in [7, 11) is 0. The lowest BCUT2D eigenvalue weighted by molar-refractivity contribution is -0.114. The van der Waals surface area contributed by atoms with Crippen molar-refractivity contribution in [3.05, 3.63) is 88.7 Å². The highest BCUT2D eigenvalue weighted by molar-refractivity contribution is 5.88. The number of aryl methyl sites for hydroxylation is 2. The Hall–Kier alpha value is -3.18. The molecule has 0 atom stereocenters. The summed E-state index contributed by atoms with van der Waals surface area (Å²) in [6.07, 6.45) is 1.78. The van der Waals surface area contributed by atoms with E-state index in [1.165, 1.54) is 12.5 Å². The Labute approximate surface area is 172 Å². The zero-order chi connectivity index (χ0) is 20.6. The number of carbonyl (C=O) groups is 1. The van der Waals surface area contributed by atoms with Gasteiger partial charge in [0.1, 0.15) is 12.4 Å². The summed E-state index contributed by atoms with van der Waals surface area (Å²) in [6.45, 7) is 7.60. The van der Waals surface area contributed by atoms with Crippen molar-refractivity contribution in [2.45, 2.75) is 40.5 Å². The number of hydrogen-bond donors (Lipinski definition) is 2. The predicted molar refractivity (Wildman–Crippen MR) is 116 cm³/mol. The van der Waals surface area contributed by atoms with E-state index in [4.69, 9.17) is 4.74 Å². The normalized spacial score (nSPS) is 10.6. The molecule has 5 nitrogen and oxygen atoms in total. The highest BCUT2D eigenvalue weighted by atomic mass is 16.5. The molecule has 1 heterocycles. The van der Waals surface area contributed by atoms with Crippen LogP contribution in [0.3, 0.4) is 0 Å². The molecule has 29 heavy (non-hydrogen) atoms. The summed E-state index contributed by atoms with van der Waals surface area (Å²) >= 11 is 0. The van der Waals surface area contributed by atoms with Gasteiger partial charge >= 0.3 is 0 Å². The Kier molecular flexibility index (Phi) is 6.98. The van der Waals surface area contributed by atoms with Gasteiger partial charge in [-0.05, 0) is 60.4 Å². The quantitative estimate of drug-likeness (QED) is 0.594. The number of pyridine rings is 1. The first-order valence-electron chi connectivity index (χ1n) is 9.71. The van der Waals surface area contributed by atoms with Crippen LogP contribution in [0.25, 0.3) is 0 Å². The lowest BCUT2D eigenvalue weighted by Gasteiger charge is -2.14. The second kappa shape index (κ2) is 9.85. The molecule has 0 unspecified atom stereocenters. The topological polar surface area (TPSA) is 63.2 Å². The number of amides is 1. The van der Waals surface area contributed by atoms with Gasteiger partial charge in [-0.3, -0.25) is 9.78 Å². The lowest BCUT2D eigenvalue weighted by Crippen LogP contribution is -2.14. The van der Waals surface area contributed by atoms with Crippen LogP contribution in [0, 0.1) is 13.8 Å². The summed E-state index contributed by atoms with van der Waals surface area (Å²) < 4.78 is 6.01. The molecule has 5 heteroatoms. The summed E-state index contributed by atoms with van der Waals surface area (Å²) in [5.41, 5.74) is 6.30. The number of hydrogen-bond acceptors (Lipinski definition) is 4. The maximum Gasteiger partial charge on any atom is 0.221 e.